The third-order valence-corrected chi connectivity index (χ3v) is 4.79. The largest absolute Gasteiger partial charge is 0.336 e. The lowest BCUT2D eigenvalue weighted by atomic mass is 10.1. The van der Waals surface area contributed by atoms with Crippen LogP contribution in [-0.4, -0.2) is 48.4 Å². The van der Waals surface area contributed by atoms with Crippen LogP contribution in [0.1, 0.15) is 15.9 Å². The Morgan fingerprint density at radius 1 is 1.08 bits per heavy atom. The Morgan fingerprint density at radius 3 is 2.52 bits per heavy atom. The maximum absolute atomic E-state index is 13.9. The van der Waals surface area contributed by atoms with E-state index < -0.39 is 5.82 Å². The van der Waals surface area contributed by atoms with Crippen LogP contribution in [0.25, 0.3) is 6.08 Å². The highest BCUT2D eigenvalue weighted by Gasteiger charge is 2.23. The van der Waals surface area contributed by atoms with Gasteiger partial charge >= 0.3 is 0 Å². The number of amides is 1. The van der Waals surface area contributed by atoms with Crippen LogP contribution < -0.4 is 0 Å². The van der Waals surface area contributed by atoms with Crippen LogP contribution in [0.2, 0.25) is 0 Å². The van der Waals surface area contributed by atoms with Gasteiger partial charge in [-0.25, -0.2) is 4.39 Å². The third-order valence-electron chi connectivity index (χ3n) is 4.29. The normalized spacial score (nSPS) is 15.7. The molecule has 0 atom stereocenters. The van der Waals surface area contributed by atoms with Crippen LogP contribution in [0.5, 0.6) is 0 Å². The fourth-order valence-corrected chi connectivity index (χ4v) is 3.23. The van der Waals surface area contributed by atoms with E-state index in [4.69, 9.17) is 0 Å². The number of carbonyl (C=O) groups excluding carboxylic acids is 1. The van der Waals surface area contributed by atoms with Gasteiger partial charge in [0.15, 0.2) is 0 Å². The third kappa shape index (κ3) is 4.77. The molecule has 2 aromatic rings. The molecule has 1 aliphatic heterocycles. The molecule has 1 saturated heterocycles. The van der Waals surface area contributed by atoms with Gasteiger partial charge in [-0.1, -0.05) is 58.4 Å². The van der Waals surface area contributed by atoms with E-state index in [9.17, 15) is 9.18 Å². The number of hydrogen-bond donors (Lipinski definition) is 0. The highest BCUT2D eigenvalue weighted by atomic mass is 79.9. The zero-order chi connectivity index (χ0) is 17.6. The molecule has 5 heteroatoms. The number of halogens is 2. The zero-order valence-corrected chi connectivity index (χ0v) is 15.5. The SMILES string of the molecule is O=C(c1cc(Br)ccc1F)N1CCN(CC=Cc2ccccc2)CC1. The summed E-state index contributed by atoms with van der Waals surface area (Å²) in [5.41, 5.74) is 1.31. The van der Waals surface area contributed by atoms with Crippen LogP contribution in [0.3, 0.4) is 0 Å². The summed E-state index contributed by atoms with van der Waals surface area (Å²) in [5.74, 6) is -0.709. The van der Waals surface area contributed by atoms with Crippen LogP contribution in [0.4, 0.5) is 4.39 Å². The molecule has 1 amide bonds. The molecule has 1 heterocycles. The van der Waals surface area contributed by atoms with Crippen molar-refractivity contribution in [3.05, 3.63) is 76.0 Å². The van der Waals surface area contributed by atoms with Gasteiger partial charge < -0.3 is 4.90 Å². The van der Waals surface area contributed by atoms with Crippen molar-refractivity contribution in [2.24, 2.45) is 0 Å². The Morgan fingerprint density at radius 2 is 1.80 bits per heavy atom. The fourth-order valence-electron chi connectivity index (χ4n) is 2.87. The smallest absolute Gasteiger partial charge is 0.256 e. The Bertz CT molecular complexity index is 756. The van der Waals surface area contributed by atoms with E-state index in [2.05, 4.69) is 45.1 Å². The van der Waals surface area contributed by atoms with Crippen LogP contribution >= 0.6 is 15.9 Å². The summed E-state index contributed by atoms with van der Waals surface area (Å²) in [6.07, 6.45) is 4.25. The minimum atomic E-state index is -0.471. The van der Waals surface area contributed by atoms with Crippen molar-refractivity contribution in [3.63, 3.8) is 0 Å². The van der Waals surface area contributed by atoms with Crippen molar-refractivity contribution in [2.75, 3.05) is 32.7 Å². The average molecular weight is 403 g/mol. The van der Waals surface area contributed by atoms with E-state index in [0.29, 0.717) is 17.6 Å². The topological polar surface area (TPSA) is 23.6 Å². The monoisotopic (exact) mass is 402 g/mol. The molecule has 0 aliphatic carbocycles. The molecule has 0 N–H and O–H groups in total. The Balaban J connectivity index is 1.52. The van der Waals surface area contributed by atoms with Gasteiger partial charge in [0.05, 0.1) is 5.56 Å². The molecular formula is C20H20BrFN2O. The van der Waals surface area contributed by atoms with Gasteiger partial charge in [0, 0.05) is 37.2 Å². The molecular weight excluding hydrogens is 383 g/mol. The van der Waals surface area contributed by atoms with E-state index in [1.807, 2.05) is 18.2 Å². The van der Waals surface area contributed by atoms with E-state index in [-0.39, 0.29) is 11.5 Å². The van der Waals surface area contributed by atoms with Gasteiger partial charge in [-0.15, -0.1) is 0 Å². The summed E-state index contributed by atoms with van der Waals surface area (Å²) in [7, 11) is 0. The summed E-state index contributed by atoms with van der Waals surface area (Å²) in [6.45, 7) is 3.66. The number of piperazine rings is 1. The quantitative estimate of drug-likeness (QED) is 0.769. The van der Waals surface area contributed by atoms with Crippen molar-refractivity contribution >= 4 is 27.9 Å². The van der Waals surface area contributed by atoms with Crippen molar-refractivity contribution in [3.8, 4) is 0 Å². The molecule has 3 rings (SSSR count). The first-order valence-corrected chi connectivity index (χ1v) is 9.11. The van der Waals surface area contributed by atoms with Gasteiger partial charge in [0.2, 0.25) is 0 Å². The second-order valence-corrected chi connectivity index (χ2v) is 6.95. The van der Waals surface area contributed by atoms with Crippen molar-refractivity contribution in [1.29, 1.82) is 0 Å². The molecule has 0 bridgehead atoms. The fraction of sp³-hybridized carbons (Fsp3) is 0.250. The molecule has 3 nitrogen and oxygen atoms in total. The first-order chi connectivity index (χ1) is 12.1. The van der Waals surface area contributed by atoms with Gasteiger partial charge in [-0.05, 0) is 23.8 Å². The predicted molar refractivity (Wildman–Crippen MR) is 102 cm³/mol. The number of carbonyl (C=O) groups is 1. The van der Waals surface area contributed by atoms with Crippen LogP contribution in [0, 0.1) is 5.82 Å². The summed E-state index contributed by atoms with van der Waals surface area (Å²) in [4.78, 5) is 16.5. The number of hydrogen-bond acceptors (Lipinski definition) is 2. The van der Waals surface area contributed by atoms with E-state index in [0.717, 1.165) is 19.6 Å². The minimum Gasteiger partial charge on any atom is -0.336 e. The van der Waals surface area contributed by atoms with Crippen molar-refractivity contribution in [1.82, 2.24) is 9.80 Å². The van der Waals surface area contributed by atoms with E-state index >= 15 is 0 Å². The highest BCUT2D eigenvalue weighted by molar-refractivity contribution is 9.10. The number of nitrogens with zero attached hydrogens (tertiary/aromatic N) is 2. The summed E-state index contributed by atoms with van der Waals surface area (Å²) < 4.78 is 14.6. The molecule has 0 spiro atoms. The molecule has 2 aromatic carbocycles. The molecule has 0 aromatic heterocycles. The van der Waals surface area contributed by atoms with Crippen LogP contribution in [0.15, 0.2) is 59.1 Å². The Labute approximate surface area is 155 Å². The lowest BCUT2D eigenvalue weighted by molar-refractivity contribution is 0.0645. The second-order valence-electron chi connectivity index (χ2n) is 6.03. The van der Waals surface area contributed by atoms with Gasteiger partial charge in [0.25, 0.3) is 5.91 Å². The molecule has 0 saturated carbocycles. The standard InChI is InChI=1S/C20H20BrFN2O/c21-17-8-9-19(22)18(15-17)20(25)24-13-11-23(12-14-24)10-4-7-16-5-2-1-3-6-16/h1-9,15H,10-14H2. The van der Waals surface area contributed by atoms with Gasteiger partial charge in [-0.2, -0.15) is 0 Å². The lowest BCUT2D eigenvalue weighted by Crippen LogP contribution is -2.48. The zero-order valence-electron chi connectivity index (χ0n) is 13.9. The molecule has 25 heavy (non-hydrogen) atoms. The highest BCUT2D eigenvalue weighted by Crippen LogP contribution is 2.18. The van der Waals surface area contributed by atoms with E-state index in [1.54, 1.807) is 17.0 Å². The molecule has 0 unspecified atom stereocenters. The van der Waals surface area contributed by atoms with E-state index in [1.165, 1.54) is 11.6 Å². The second kappa shape index (κ2) is 8.41. The summed E-state index contributed by atoms with van der Waals surface area (Å²) in [5, 5.41) is 0. The molecule has 1 aliphatic rings. The molecule has 130 valence electrons. The van der Waals surface area contributed by atoms with Crippen molar-refractivity contribution in [2.45, 2.75) is 0 Å². The van der Waals surface area contributed by atoms with Crippen LogP contribution in [-0.2, 0) is 0 Å². The molecule has 0 radical (unpaired) electrons. The first kappa shape index (κ1) is 17.8. The number of rotatable bonds is 4. The Kier molecular flexibility index (Phi) is 6.00. The summed E-state index contributed by atoms with van der Waals surface area (Å²) >= 11 is 3.29. The summed E-state index contributed by atoms with van der Waals surface area (Å²) in [6, 6.07) is 14.6. The van der Waals surface area contributed by atoms with Gasteiger partial charge in [0.1, 0.15) is 5.82 Å². The average Bonchev–Trinajstić information content (AvgIpc) is 2.65. The number of benzene rings is 2. The van der Waals surface area contributed by atoms with Gasteiger partial charge in [-0.3, -0.25) is 9.69 Å². The lowest BCUT2D eigenvalue weighted by Gasteiger charge is -2.34. The maximum atomic E-state index is 13.9. The predicted octanol–water partition coefficient (Wildman–Crippen LogP) is 4.06. The Hall–Kier alpha value is -1.98. The first-order valence-electron chi connectivity index (χ1n) is 8.32. The molecule has 1 fully saturated rings. The van der Waals surface area contributed by atoms with Crippen molar-refractivity contribution < 1.29 is 9.18 Å². The maximum Gasteiger partial charge on any atom is 0.256 e. The minimum absolute atomic E-state index is 0.131.